The molecule has 0 radical (unpaired) electrons. The van der Waals surface area contributed by atoms with Crippen LogP contribution in [0.2, 0.25) is 0 Å². The quantitative estimate of drug-likeness (QED) is 0.333. The minimum absolute atomic E-state index is 0.00936. The third-order valence-electron chi connectivity index (χ3n) is 8.48. The molecule has 2 aliphatic rings. The van der Waals surface area contributed by atoms with Crippen LogP contribution in [0.5, 0.6) is 0 Å². The van der Waals surface area contributed by atoms with E-state index in [0.29, 0.717) is 11.5 Å². The Morgan fingerprint density at radius 1 is 0.974 bits per heavy atom. The summed E-state index contributed by atoms with van der Waals surface area (Å²) in [5.41, 5.74) is 3.30. The summed E-state index contributed by atoms with van der Waals surface area (Å²) in [5.74, 6) is -0.745. The molecule has 0 aliphatic heterocycles. The highest BCUT2D eigenvalue weighted by atomic mass is 32.2. The molecule has 0 unspecified atom stereocenters. The van der Waals surface area contributed by atoms with Crippen LogP contribution in [0.4, 0.5) is 8.78 Å². The number of sulfone groups is 1. The minimum atomic E-state index is -3.10. The summed E-state index contributed by atoms with van der Waals surface area (Å²) in [6.45, 7) is 4.40. The molecule has 6 rings (SSSR count). The topological polar surface area (TPSA) is 98.6 Å². The normalized spacial score (nSPS) is 21.2. The number of hydrogen-bond acceptors (Lipinski definition) is 7. The van der Waals surface area contributed by atoms with Crippen LogP contribution in [-0.2, 0) is 21.7 Å². The molecule has 2 aliphatic carbocycles. The number of benzene rings is 1. The molecule has 0 saturated heterocycles. The van der Waals surface area contributed by atoms with Crippen LogP contribution in [0.15, 0.2) is 54.9 Å². The standard InChI is InChI=1S/C29H27F2N5O2S/c1-28(2)19-10-12-29(28,27-18(19)14-23(35-36-27)26-20(30)6-4-7-21(26)31)24-9-5-8-22(34-24)17-15-32-25(33-16-17)11-13-39(3,37)38/h4-9,14-16,19H,10-13H2,1-3H3/t19-,29-/m0/s1. The molecule has 2 atom stereocenters. The van der Waals surface area contributed by atoms with Gasteiger partial charge >= 0.3 is 0 Å². The fourth-order valence-corrected chi connectivity index (χ4v) is 7.04. The van der Waals surface area contributed by atoms with Crippen molar-refractivity contribution in [2.24, 2.45) is 5.41 Å². The van der Waals surface area contributed by atoms with Gasteiger partial charge in [0.1, 0.15) is 27.3 Å². The second kappa shape index (κ2) is 8.94. The Hall–Kier alpha value is -3.66. The van der Waals surface area contributed by atoms with Crippen molar-refractivity contribution in [2.45, 2.75) is 44.4 Å². The van der Waals surface area contributed by atoms with Gasteiger partial charge in [-0.3, -0.25) is 4.98 Å². The number of pyridine rings is 1. The lowest BCUT2D eigenvalue weighted by atomic mass is 9.66. The average Bonchev–Trinajstić information content (AvgIpc) is 3.28. The van der Waals surface area contributed by atoms with Crippen molar-refractivity contribution in [3.05, 3.63) is 89.3 Å². The zero-order valence-electron chi connectivity index (χ0n) is 21.8. The summed E-state index contributed by atoms with van der Waals surface area (Å²) in [7, 11) is -3.10. The zero-order valence-corrected chi connectivity index (χ0v) is 22.6. The molecule has 0 amide bonds. The Labute approximate surface area is 225 Å². The molecule has 39 heavy (non-hydrogen) atoms. The zero-order chi connectivity index (χ0) is 27.6. The van der Waals surface area contributed by atoms with Crippen LogP contribution in [0.25, 0.3) is 22.5 Å². The predicted octanol–water partition coefficient (Wildman–Crippen LogP) is 5.06. The Bertz CT molecular complexity index is 1690. The van der Waals surface area contributed by atoms with Gasteiger partial charge in [0, 0.05) is 30.6 Å². The first kappa shape index (κ1) is 25.6. The highest BCUT2D eigenvalue weighted by Crippen LogP contribution is 2.69. The third-order valence-corrected chi connectivity index (χ3v) is 9.43. The molecule has 1 aromatic carbocycles. The first-order valence-corrected chi connectivity index (χ1v) is 14.9. The van der Waals surface area contributed by atoms with Crippen LogP contribution in [-0.4, -0.2) is 45.6 Å². The molecule has 200 valence electrons. The van der Waals surface area contributed by atoms with Gasteiger partial charge in [0.25, 0.3) is 0 Å². The second-order valence-corrected chi connectivity index (χ2v) is 13.3. The maximum absolute atomic E-state index is 14.5. The highest BCUT2D eigenvalue weighted by molar-refractivity contribution is 7.90. The predicted molar refractivity (Wildman–Crippen MR) is 143 cm³/mol. The van der Waals surface area contributed by atoms with E-state index in [1.165, 1.54) is 24.5 Å². The van der Waals surface area contributed by atoms with Crippen molar-refractivity contribution in [1.82, 2.24) is 25.1 Å². The molecule has 0 N–H and O–H groups in total. The van der Waals surface area contributed by atoms with E-state index in [2.05, 4.69) is 34.0 Å². The number of halogens is 2. The van der Waals surface area contributed by atoms with Crippen molar-refractivity contribution in [3.63, 3.8) is 0 Å². The van der Waals surface area contributed by atoms with Gasteiger partial charge in [-0.25, -0.2) is 27.2 Å². The van der Waals surface area contributed by atoms with Gasteiger partial charge in [-0.05, 0) is 60.1 Å². The van der Waals surface area contributed by atoms with Crippen molar-refractivity contribution in [1.29, 1.82) is 0 Å². The SMILES string of the molecule is CC1(C)[C@H]2CC[C@]1(c1cccc(-c3cnc(CCS(C)(=O)=O)nc3)n1)c1nnc(-c3c(F)cccc3F)cc12. The van der Waals surface area contributed by atoms with Crippen molar-refractivity contribution in [2.75, 3.05) is 12.0 Å². The molecule has 2 bridgehead atoms. The molecule has 1 saturated carbocycles. The Morgan fingerprint density at radius 2 is 1.67 bits per heavy atom. The van der Waals surface area contributed by atoms with E-state index < -0.39 is 26.9 Å². The molecule has 10 heteroatoms. The fraction of sp³-hybridized carbons (Fsp3) is 0.345. The minimum Gasteiger partial charge on any atom is -0.252 e. The maximum Gasteiger partial charge on any atom is 0.147 e. The van der Waals surface area contributed by atoms with Crippen LogP contribution in [0.1, 0.15) is 55.4 Å². The first-order chi connectivity index (χ1) is 18.5. The van der Waals surface area contributed by atoms with Crippen LogP contribution >= 0.6 is 0 Å². The van der Waals surface area contributed by atoms with Gasteiger partial charge in [-0.15, -0.1) is 5.10 Å². The smallest absolute Gasteiger partial charge is 0.147 e. The van der Waals surface area contributed by atoms with E-state index in [1.807, 2.05) is 18.2 Å². The maximum atomic E-state index is 14.5. The van der Waals surface area contributed by atoms with Gasteiger partial charge in [-0.1, -0.05) is 26.0 Å². The molecule has 7 nitrogen and oxygen atoms in total. The van der Waals surface area contributed by atoms with E-state index in [1.54, 1.807) is 18.5 Å². The summed E-state index contributed by atoms with van der Waals surface area (Å²) in [6, 6.07) is 11.4. The Balaban J connectivity index is 1.39. The molecule has 0 spiro atoms. The molecule has 1 fully saturated rings. The lowest BCUT2D eigenvalue weighted by Gasteiger charge is -2.37. The summed E-state index contributed by atoms with van der Waals surface area (Å²) in [6.07, 6.45) is 6.49. The van der Waals surface area contributed by atoms with E-state index in [4.69, 9.17) is 4.98 Å². The average molecular weight is 548 g/mol. The lowest BCUT2D eigenvalue weighted by molar-refractivity contribution is 0.243. The van der Waals surface area contributed by atoms with Gasteiger partial charge < -0.3 is 0 Å². The van der Waals surface area contributed by atoms with Crippen molar-refractivity contribution >= 4 is 9.84 Å². The molecule has 4 aromatic rings. The summed E-state index contributed by atoms with van der Waals surface area (Å²) in [5, 5.41) is 8.90. The first-order valence-electron chi connectivity index (χ1n) is 12.8. The summed E-state index contributed by atoms with van der Waals surface area (Å²) >= 11 is 0. The number of aryl methyl sites for hydroxylation is 1. The van der Waals surface area contributed by atoms with Gasteiger partial charge in [0.05, 0.1) is 39.5 Å². The lowest BCUT2D eigenvalue weighted by Crippen LogP contribution is -2.37. The van der Waals surface area contributed by atoms with E-state index in [0.717, 1.165) is 35.4 Å². The number of fused-ring (bicyclic) bond motifs is 5. The number of hydrogen-bond donors (Lipinski definition) is 0. The molecular weight excluding hydrogens is 520 g/mol. The second-order valence-electron chi connectivity index (χ2n) is 11.0. The third kappa shape index (κ3) is 4.04. The van der Waals surface area contributed by atoms with Gasteiger partial charge in [0.2, 0.25) is 0 Å². The highest BCUT2D eigenvalue weighted by Gasteiger charge is 2.65. The molecule has 3 aromatic heterocycles. The van der Waals surface area contributed by atoms with Crippen molar-refractivity contribution < 1.29 is 17.2 Å². The van der Waals surface area contributed by atoms with Crippen LogP contribution < -0.4 is 0 Å². The number of nitrogens with zero attached hydrogens (tertiary/aromatic N) is 5. The monoisotopic (exact) mass is 547 g/mol. The largest absolute Gasteiger partial charge is 0.252 e. The Kier molecular flexibility index (Phi) is 5.87. The molecular formula is C29H27F2N5O2S. The van der Waals surface area contributed by atoms with E-state index >= 15 is 0 Å². The van der Waals surface area contributed by atoms with E-state index in [-0.39, 0.29) is 34.8 Å². The van der Waals surface area contributed by atoms with Crippen LogP contribution in [0, 0.1) is 17.0 Å². The van der Waals surface area contributed by atoms with Crippen LogP contribution in [0.3, 0.4) is 0 Å². The molecule has 3 heterocycles. The Morgan fingerprint density at radius 3 is 2.36 bits per heavy atom. The van der Waals surface area contributed by atoms with E-state index in [9.17, 15) is 17.2 Å². The number of rotatable bonds is 6. The van der Waals surface area contributed by atoms with Gasteiger partial charge in [0.15, 0.2) is 0 Å². The van der Waals surface area contributed by atoms with Crippen molar-refractivity contribution in [3.8, 4) is 22.5 Å². The summed E-state index contributed by atoms with van der Waals surface area (Å²) in [4.78, 5) is 13.7. The summed E-state index contributed by atoms with van der Waals surface area (Å²) < 4.78 is 52.0. The van der Waals surface area contributed by atoms with Gasteiger partial charge in [-0.2, -0.15) is 5.10 Å². The number of aromatic nitrogens is 5. The fourth-order valence-electron chi connectivity index (χ4n) is 6.48.